The van der Waals surface area contributed by atoms with Gasteiger partial charge in [0.15, 0.2) is 0 Å². The summed E-state index contributed by atoms with van der Waals surface area (Å²) in [6.45, 7) is -0.000362. The van der Waals surface area contributed by atoms with E-state index in [4.69, 9.17) is 9.84 Å². The van der Waals surface area contributed by atoms with Crippen LogP contribution in [0.25, 0.3) is 0 Å². The number of hydrogen-bond acceptors (Lipinski definition) is 7. The summed E-state index contributed by atoms with van der Waals surface area (Å²) >= 11 is 0. The maximum absolute atomic E-state index is 13.3. The third-order valence-corrected chi connectivity index (χ3v) is 3.62. The van der Waals surface area contributed by atoms with Crippen LogP contribution in [-0.2, 0) is 6.42 Å². The van der Waals surface area contributed by atoms with Gasteiger partial charge in [-0.3, -0.25) is 0 Å². The average Bonchev–Trinajstić information content (AvgIpc) is 3.03. The number of carbonyl (C=O) groups is 1. The molecule has 3 rings (SSSR count). The van der Waals surface area contributed by atoms with Crippen LogP contribution < -0.4 is 15.4 Å². The van der Waals surface area contributed by atoms with E-state index in [1.807, 2.05) is 0 Å². The molecule has 1 atom stereocenters. The third kappa shape index (κ3) is 3.59. The van der Waals surface area contributed by atoms with Crippen LogP contribution in [0.5, 0.6) is 5.88 Å². The van der Waals surface area contributed by atoms with Gasteiger partial charge in [-0.2, -0.15) is 0 Å². The van der Waals surface area contributed by atoms with Gasteiger partial charge in [0, 0.05) is 0 Å². The molecular weight excluding hydrogens is 337 g/mol. The molecule has 0 aliphatic heterocycles. The average molecular weight is 351 g/mol. The van der Waals surface area contributed by atoms with Gasteiger partial charge >= 0.3 is 6.09 Å². The molecule has 0 saturated heterocycles. The van der Waals surface area contributed by atoms with E-state index in [0.29, 0.717) is 6.42 Å². The summed E-state index contributed by atoms with van der Waals surface area (Å²) in [6, 6.07) is 4.23. The number of amides is 1. The molecule has 4 N–H and O–H groups in total. The van der Waals surface area contributed by atoms with Crippen LogP contribution in [0.2, 0.25) is 0 Å². The summed E-state index contributed by atoms with van der Waals surface area (Å²) in [6.07, 6.45) is -0.559. The fourth-order valence-corrected chi connectivity index (χ4v) is 2.44. The highest BCUT2D eigenvalue weighted by molar-refractivity contribution is 5.98. The molecule has 1 aliphatic carbocycles. The molecule has 25 heavy (non-hydrogen) atoms. The van der Waals surface area contributed by atoms with Crippen LogP contribution in [-0.4, -0.2) is 45.7 Å². The number of benzene rings is 1. The number of hydrogen-bond donors (Lipinski definition) is 4. The lowest BCUT2D eigenvalue weighted by molar-refractivity contribution is 0.190. The molecule has 11 heteroatoms. The second kappa shape index (κ2) is 7.03. The second-order valence-electron chi connectivity index (χ2n) is 5.19. The first kappa shape index (κ1) is 16.5. The van der Waals surface area contributed by atoms with Crippen LogP contribution in [0, 0.1) is 5.82 Å². The van der Waals surface area contributed by atoms with E-state index in [1.165, 1.54) is 12.1 Å². The quantitative estimate of drug-likeness (QED) is 0.197. The number of oxime groups is 1. The monoisotopic (exact) mass is 351 g/mol. The van der Waals surface area contributed by atoms with Crippen molar-refractivity contribution >= 4 is 11.9 Å². The summed E-state index contributed by atoms with van der Waals surface area (Å²) in [5, 5.41) is 33.0. The number of rotatable bonds is 6. The number of halogens is 1. The normalized spacial score (nSPS) is 15.9. The topological polar surface area (TPSA) is 142 Å². The number of amidine groups is 1. The summed E-state index contributed by atoms with van der Waals surface area (Å²) in [5.74, 6) is -0.473. The number of aromatic nitrogens is 2. The van der Waals surface area contributed by atoms with Crippen LogP contribution in [0.1, 0.15) is 22.9 Å². The second-order valence-corrected chi connectivity index (χ2v) is 5.19. The van der Waals surface area contributed by atoms with Crippen molar-refractivity contribution in [1.82, 2.24) is 20.9 Å². The van der Waals surface area contributed by atoms with Crippen LogP contribution in [0.4, 0.5) is 9.18 Å². The maximum atomic E-state index is 13.3. The first-order valence-electron chi connectivity index (χ1n) is 7.28. The molecule has 0 fully saturated rings. The van der Waals surface area contributed by atoms with Gasteiger partial charge in [0.2, 0.25) is 11.5 Å². The SMILES string of the molecule is O=C(O)NCCOc1nonc1/C(=N\O)N[C@H]1Cc2ccc(F)cc21. The predicted octanol–water partition coefficient (Wildman–Crippen LogP) is 0.878. The number of nitrogens with one attached hydrogen (secondary N) is 2. The molecule has 0 bridgehead atoms. The summed E-state index contributed by atoms with van der Waals surface area (Å²) in [7, 11) is 0. The first-order valence-corrected chi connectivity index (χ1v) is 7.28. The molecule has 2 aromatic rings. The van der Waals surface area contributed by atoms with Gasteiger partial charge in [-0.05, 0) is 40.0 Å². The molecule has 1 aromatic carbocycles. The van der Waals surface area contributed by atoms with E-state index in [0.717, 1.165) is 11.1 Å². The van der Waals surface area contributed by atoms with Gasteiger partial charge in [-0.1, -0.05) is 11.2 Å². The molecule has 0 spiro atoms. The van der Waals surface area contributed by atoms with Crippen molar-refractivity contribution in [3.8, 4) is 5.88 Å². The van der Waals surface area contributed by atoms with Gasteiger partial charge in [0.05, 0.1) is 12.6 Å². The highest BCUT2D eigenvalue weighted by atomic mass is 19.1. The van der Waals surface area contributed by atoms with Crippen molar-refractivity contribution in [2.45, 2.75) is 12.5 Å². The molecule has 1 aromatic heterocycles. The van der Waals surface area contributed by atoms with Crippen molar-refractivity contribution in [1.29, 1.82) is 0 Å². The molecule has 1 heterocycles. The van der Waals surface area contributed by atoms with Gasteiger partial charge in [-0.25, -0.2) is 13.8 Å². The van der Waals surface area contributed by atoms with E-state index in [2.05, 4.69) is 30.7 Å². The van der Waals surface area contributed by atoms with Crippen LogP contribution in [0.15, 0.2) is 28.0 Å². The Bertz CT molecular complexity index is 809. The Morgan fingerprint density at radius 2 is 2.32 bits per heavy atom. The number of ether oxygens (including phenoxy) is 1. The lowest BCUT2D eigenvalue weighted by Crippen LogP contribution is -2.36. The van der Waals surface area contributed by atoms with Crippen LogP contribution >= 0.6 is 0 Å². The minimum Gasteiger partial charge on any atom is -0.472 e. The number of carboxylic acid groups (broad SMARTS) is 1. The van der Waals surface area contributed by atoms with Crippen molar-refractivity contribution in [2.24, 2.45) is 5.16 Å². The lowest BCUT2D eigenvalue weighted by atomic mass is 9.83. The van der Waals surface area contributed by atoms with E-state index in [-0.39, 0.29) is 42.4 Å². The van der Waals surface area contributed by atoms with E-state index in [1.54, 1.807) is 6.07 Å². The summed E-state index contributed by atoms with van der Waals surface area (Å²) in [4.78, 5) is 10.4. The molecule has 0 radical (unpaired) electrons. The minimum atomic E-state index is -1.18. The Kier molecular flexibility index (Phi) is 4.64. The number of nitrogens with zero attached hydrogens (tertiary/aromatic N) is 3. The van der Waals surface area contributed by atoms with Crippen molar-refractivity contribution in [3.63, 3.8) is 0 Å². The highest BCUT2D eigenvalue weighted by Crippen LogP contribution is 2.33. The fourth-order valence-electron chi connectivity index (χ4n) is 2.44. The van der Waals surface area contributed by atoms with E-state index >= 15 is 0 Å². The molecule has 1 amide bonds. The molecule has 0 unspecified atom stereocenters. The van der Waals surface area contributed by atoms with E-state index < -0.39 is 6.09 Å². The number of fused-ring (bicyclic) bond motifs is 1. The smallest absolute Gasteiger partial charge is 0.404 e. The van der Waals surface area contributed by atoms with Gasteiger partial charge in [0.1, 0.15) is 12.4 Å². The summed E-state index contributed by atoms with van der Waals surface area (Å²) < 4.78 is 23.2. The Balaban J connectivity index is 1.65. The van der Waals surface area contributed by atoms with Crippen molar-refractivity contribution in [3.05, 3.63) is 40.8 Å². The molecule has 10 nitrogen and oxygen atoms in total. The Labute approximate surface area is 140 Å². The molecule has 1 aliphatic rings. The van der Waals surface area contributed by atoms with Gasteiger partial charge in [0.25, 0.3) is 5.88 Å². The Morgan fingerprint density at radius 1 is 1.48 bits per heavy atom. The van der Waals surface area contributed by atoms with Crippen LogP contribution in [0.3, 0.4) is 0 Å². The fraction of sp³-hybridized carbons (Fsp3) is 0.286. The lowest BCUT2D eigenvalue weighted by Gasteiger charge is -2.31. The zero-order valence-corrected chi connectivity index (χ0v) is 12.8. The minimum absolute atomic E-state index is 0.0164. The van der Waals surface area contributed by atoms with Crippen molar-refractivity contribution in [2.75, 3.05) is 13.2 Å². The van der Waals surface area contributed by atoms with Gasteiger partial charge < -0.3 is 25.7 Å². The maximum Gasteiger partial charge on any atom is 0.404 e. The molecular formula is C14H14FN5O5. The largest absolute Gasteiger partial charge is 0.472 e. The zero-order chi connectivity index (χ0) is 17.8. The Hall–Kier alpha value is -3.37. The van der Waals surface area contributed by atoms with Gasteiger partial charge in [-0.15, -0.1) is 0 Å². The van der Waals surface area contributed by atoms with E-state index in [9.17, 15) is 14.4 Å². The summed E-state index contributed by atoms with van der Waals surface area (Å²) in [5.41, 5.74) is 1.76. The zero-order valence-electron chi connectivity index (χ0n) is 12.8. The molecule has 0 saturated carbocycles. The first-order chi connectivity index (χ1) is 12.1. The standard InChI is InChI=1S/C14H14FN5O5/c15-8-2-1-7-5-10(9(7)6-8)17-12(18-23)11-13(20-25-19-11)24-4-3-16-14(21)22/h1-2,6,10,16,23H,3-5H2,(H,17,18)(H,21,22)/t10-/m0/s1. The third-order valence-electron chi connectivity index (χ3n) is 3.62. The predicted molar refractivity (Wildman–Crippen MR) is 80.1 cm³/mol. The molecule has 132 valence electrons. The highest BCUT2D eigenvalue weighted by Gasteiger charge is 2.30. The van der Waals surface area contributed by atoms with Crippen molar-refractivity contribution < 1.29 is 28.9 Å². The Morgan fingerprint density at radius 3 is 3.08 bits per heavy atom.